The summed E-state index contributed by atoms with van der Waals surface area (Å²) in [5.41, 5.74) is 1.42. The van der Waals surface area contributed by atoms with Gasteiger partial charge in [0.25, 0.3) is 0 Å². The Morgan fingerprint density at radius 2 is 2.14 bits per heavy atom. The summed E-state index contributed by atoms with van der Waals surface area (Å²) in [7, 11) is 3.64. The van der Waals surface area contributed by atoms with Gasteiger partial charge in [0.15, 0.2) is 0 Å². The zero-order chi connectivity index (χ0) is 26.2. The highest BCUT2D eigenvalue weighted by Crippen LogP contribution is 2.36. The second-order valence-corrected chi connectivity index (χ2v) is 11.3. The number of carboxylic acids is 1. The van der Waals surface area contributed by atoms with Crippen LogP contribution >= 0.6 is 11.8 Å². The largest absolute Gasteiger partial charge is 0.497 e. The van der Waals surface area contributed by atoms with Crippen molar-refractivity contribution in [1.29, 1.82) is 0 Å². The number of benzene rings is 1. The number of carbonyl (C=O) groups is 1. The molecule has 8 heteroatoms. The van der Waals surface area contributed by atoms with Crippen LogP contribution in [0.1, 0.15) is 50.3 Å². The second-order valence-electron chi connectivity index (χ2n) is 10.1. The number of alkyl halides is 1. The molecule has 1 saturated heterocycles. The van der Waals surface area contributed by atoms with Crippen molar-refractivity contribution >= 4 is 28.6 Å². The lowest BCUT2D eigenvalue weighted by molar-refractivity contribution is -0.137. The monoisotopic (exact) mass is 527 g/mol. The molecule has 37 heavy (non-hydrogen) atoms. The van der Waals surface area contributed by atoms with Gasteiger partial charge in [-0.25, -0.2) is 4.39 Å². The molecule has 3 atom stereocenters. The first kappa shape index (κ1) is 27.5. The summed E-state index contributed by atoms with van der Waals surface area (Å²) >= 11 is 1.88. The normalized spacial score (nSPS) is 19.2. The minimum Gasteiger partial charge on any atom is -0.497 e. The molecular weight excluding hydrogens is 489 g/mol. The van der Waals surface area contributed by atoms with Crippen LogP contribution < -0.4 is 4.74 Å². The van der Waals surface area contributed by atoms with Gasteiger partial charge in [-0.15, -0.1) is 11.8 Å². The molecule has 6 nitrogen and oxygen atoms in total. The lowest BCUT2D eigenvalue weighted by atomic mass is 9.79. The summed E-state index contributed by atoms with van der Waals surface area (Å²) in [6, 6.07) is 9.47. The van der Waals surface area contributed by atoms with Crippen molar-refractivity contribution < 1.29 is 19.0 Å². The van der Waals surface area contributed by atoms with Gasteiger partial charge in [-0.05, 0) is 98.7 Å². The summed E-state index contributed by atoms with van der Waals surface area (Å²) < 4.78 is 22.9. The Morgan fingerprint density at radius 3 is 2.89 bits per heavy atom. The van der Waals surface area contributed by atoms with Gasteiger partial charge in [0.2, 0.25) is 0 Å². The predicted octanol–water partition coefficient (Wildman–Crippen LogP) is 6.36. The summed E-state index contributed by atoms with van der Waals surface area (Å²) in [6.07, 6.45) is 8.89. The van der Waals surface area contributed by atoms with E-state index >= 15 is 4.39 Å². The number of likely N-dealkylation sites (tertiary alicyclic amines) is 1. The summed E-state index contributed by atoms with van der Waals surface area (Å²) in [4.78, 5) is 19.5. The molecule has 1 aromatic carbocycles. The van der Waals surface area contributed by atoms with Crippen molar-refractivity contribution in [1.82, 2.24) is 14.5 Å². The Labute approximate surface area is 223 Å². The third-order valence-electron chi connectivity index (χ3n) is 7.51. The average molecular weight is 528 g/mol. The smallest absolute Gasteiger partial charge is 0.303 e. The Kier molecular flexibility index (Phi) is 9.86. The van der Waals surface area contributed by atoms with Gasteiger partial charge in [-0.2, -0.15) is 0 Å². The Hall–Kier alpha value is -2.58. The molecule has 0 spiro atoms. The number of nitrogens with zero attached hydrogens (tertiary/aromatic N) is 3. The lowest BCUT2D eigenvalue weighted by Crippen LogP contribution is -2.41. The third kappa shape index (κ3) is 7.71. The van der Waals surface area contributed by atoms with E-state index in [0.717, 1.165) is 55.6 Å². The third-order valence-corrected chi connectivity index (χ3v) is 8.58. The average Bonchev–Trinajstić information content (AvgIpc) is 3.33. The van der Waals surface area contributed by atoms with Crippen LogP contribution in [-0.4, -0.2) is 58.0 Å². The van der Waals surface area contributed by atoms with Crippen molar-refractivity contribution in [3.8, 4) is 5.75 Å². The van der Waals surface area contributed by atoms with Crippen LogP contribution in [0.25, 0.3) is 10.9 Å². The quantitative estimate of drug-likeness (QED) is 0.206. The molecule has 200 valence electrons. The summed E-state index contributed by atoms with van der Waals surface area (Å²) in [6.45, 7) is 2.92. The predicted molar refractivity (Wildman–Crippen MR) is 147 cm³/mol. The molecule has 0 amide bonds. The Morgan fingerprint density at radius 1 is 1.27 bits per heavy atom. The molecule has 1 aliphatic rings. The number of pyridine rings is 1. The van der Waals surface area contributed by atoms with Gasteiger partial charge >= 0.3 is 5.97 Å². The maximum Gasteiger partial charge on any atom is 0.303 e. The van der Waals surface area contributed by atoms with E-state index in [1.54, 1.807) is 19.4 Å². The fourth-order valence-corrected chi connectivity index (χ4v) is 6.39. The Bertz CT molecular complexity index is 1170. The molecule has 2 aromatic heterocycles. The number of hydrogen-bond donors (Lipinski definition) is 1. The van der Waals surface area contributed by atoms with E-state index < -0.39 is 12.1 Å². The molecule has 3 heterocycles. The lowest BCUT2D eigenvalue weighted by Gasteiger charge is -2.39. The first-order chi connectivity index (χ1) is 17.9. The number of rotatable bonds is 13. The van der Waals surface area contributed by atoms with Crippen molar-refractivity contribution in [2.24, 2.45) is 18.9 Å². The number of aromatic nitrogens is 2. The second kappa shape index (κ2) is 13.3. The number of methoxy groups -OCH3 is 1. The van der Waals surface area contributed by atoms with Crippen LogP contribution in [-0.2, 0) is 11.8 Å². The number of carboxylic acid groups (broad SMARTS) is 1. The van der Waals surface area contributed by atoms with Gasteiger partial charge in [0.05, 0.1) is 12.6 Å². The zero-order valence-electron chi connectivity index (χ0n) is 21.8. The molecule has 1 aliphatic heterocycles. The van der Waals surface area contributed by atoms with Gasteiger partial charge < -0.3 is 19.3 Å². The van der Waals surface area contributed by atoms with Crippen LogP contribution in [0.3, 0.4) is 0 Å². The van der Waals surface area contributed by atoms with Gasteiger partial charge in [0.1, 0.15) is 11.9 Å². The van der Waals surface area contributed by atoms with Crippen LogP contribution in [0, 0.1) is 11.8 Å². The SMILES string of the molecule is COc1ccc2nccc([C@@H](F)CCC3CCN(CCCSc4ccn(C)c4)CC3CCC(=O)O)c2c1. The molecule has 4 rings (SSSR count). The van der Waals surface area contributed by atoms with Crippen LogP contribution in [0.4, 0.5) is 4.39 Å². The molecule has 2 unspecified atom stereocenters. The molecule has 3 aromatic rings. The highest BCUT2D eigenvalue weighted by atomic mass is 32.2. The number of thioether (sulfide) groups is 1. The maximum atomic E-state index is 15.5. The van der Waals surface area contributed by atoms with Gasteiger partial charge in [-0.1, -0.05) is 0 Å². The molecule has 0 bridgehead atoms. The van der Waals surface area contributed by atoms with E-state index in [4.69, 9.17) is 4.74 Å². The van der Waals surface area contributed by atoms with Crippen LogP contribution in [0.15, 0.2) is 53.8 Å². The molecule has 1 fully saturated rings. The topological polar surface area (TPSA) is 67.6 Å². The number of fused-ring (bicyclic) bond motifs is 1. The van der Waals surface area contributed by atoms with Crippen molar-refractivity contribution in [3.05, 3.63) is 54.5 Å². The van der Waals surface area contributed by atoms with Crippen molar-refractivity contribution in [3.63, 3.8) is 0 Å². The first-order valence-electron chi connectivity index (χ1n) is 13.2. The maximum absolute atomic E-state index is 15.5. The van der Waals surface area contributed by atoms with E-state index in [1.165, 1.54) is 4.90 Å². The molecule has 0 aliphatic carbocycles. The van der Waals surface area contributed by atoms with Crippen LogP contribution in [0.2, 0.25) is 0 Å². The molecule has 0 saturated carbocycles. The Balaban J connectivity index is 1.32. The van der Waals surface area contributed by atoms with Gasteiger partial charge in [-0.3, -0.25) is 9.78 Å². The van der Waals surface area contributed by atoms with E-state index in [-0.39, 0.29) is 12.3 Å². The number of ether oxygens (including phenoxy) is 1. The van der Waals surface area contributed by atoms with E-state index in [2.05, 4.69) is 32.9 Å². The first-order valence-corrected chi connectivity index (χ1v) is 14.2. The fourth-order valence-electron chi connectivity index (χ4n) is 5.48. The van der Waals surface area contributed by atoms with Crippen molar-refractivity contribution in [2.75, 3.05) is 32.5 Å². The van der Waals surface area contributed by atoms with E-state index in [0.29, 0.717) is 30.1 Å². The standard InChI is InChI=1S/C29H38FN3O3S/c1-32-15-12-24(20-32)37-17-3-14-33-16-11-21(22(19-33)5-9-29(34)35)4-7-27(30)25-10-13-31-28-8-6-23(36-2)18-26(25)28/h6,8,10,12-13,15,18,20-22,27H,3-5,7,9,11,14,16-17,19H2,1-2H3,(H,34,35)/t21?,22?,27-/m0/s1. The fraction of sp³-hybridized carbons (Fsp3) is 0.517. The number of piperidine rings is 1. The summed E-state index contributed by atoms with van der Waals surface area (Å²) in [5.74, 6) is 1.63. The van der Waals surface area contributed by atoms with E-state index in [1.807, 2.05) is 37.0 Å². The number of halogens is 1. The number of aryl methyl sites for hydroxylation is 1. The minimum absolute atomic E-state index is 0.173. The molecule has 1 N–H and O–H groups in total. The van der Waals surface area contributed by atoms with Crippen LogP contribution in [0.5, 0.6) is 5.75 Å². The van der Waals surface area contributed by atoms with Crippen molar-refractivity contribution in [2.45, 2.75) is 49.6 Å². The highest BCUT2D eigenvalue weighted by molar-refractivity contribution is 7.99. The minimum atomic E-state index is -1.09. The van der Waals surface area contributed by atoms with E-state index in [9.17, 15) is 9.90 Å². The number of aliphatic carboxylic acids is 1. The molecule has 0 radical (unpaired) electrons. The zero-order valence-corrected chi connectivity index (χ0v) is 22.6. The molecular formula is C29H38FN3O3S. The highest BCUT2D eigenvalue weighted by Gasteiger charge is 2.30. The number of hydrogen-bond acceptors (Lipinski definition) is 5. The van der Waals surface area contributed by atoms with Gasteiger partial charge in [0, 0.05) is 48.9 Å². The summed E-state index contributed by atoms with van der Waals surface area (Å²) in [5, 5.41) is 10.1.